The lowest BCUT2D eigenvalue weighted by Crippen LogP contribution is -2.10. The molecule has 1 N–H and O–H groups in total. The lowest BCUT2D eigenvalue weighted by Gasteiger charge is -2.05. The zero-order chi connectivity index (χ0) is 10.6. The highest BCUT2D eigenvalue weighted by molar-refractivity contribution is 6.69. The molecule has 0 aliphatic heterocycles. The predicted molar refractivity (Wildman–Crippen MR) is 50.4 cm³/mol. The summed E-state index contributed by atoms with van der Waals surface area (Å²) in [6.45, 7) is 0. The van der Waals surface area contributed by atoms with Crippen LogP contribution < -0.4 is 5.01 Å². The molecule has 1 aromatic rings. The van der Waals surface area contributed by atoms with Gasteiger partial charge in [0, 0.05) is 7.05 Å². The van der Waals surface area contributed by atoms with Gasteiger partial charge in [-0.05, 0) is 0 Å². The summed E-state index contributed by atoms with van der Waals surface area (Å²) in [6, 6.07) is 0. The largest absolute Gasteiger partial charge is 0.410 e. The van der Waals surface area contributed by atoms with Gasteiger partial charge in [-0.3, -0.25) is 0 Å². The molecule has 0 unspecified atom stereocenters. The third-order valence-corrected chi connectivity index (χ3v) is 1.66. The molecule has 0 amide bonds. The molecule has 74 valence electrons. The molecule has 1 rings (SSSR count). The maximum absolute atomic E-state index is 10.1. The van der Waals surface area contributed by atoms with Gasteiger partial charge in [-0.25, -0.2) is 15.0 Å². The Hall–Kier alpha value is -1.76. The lowest BCUT2D eigenvalue weighted by molar-refractivity contribution is 0.320. The molecule has 0 saturated heterocycles. The topological polar surface area (TPSA) is 91.0 Å². The van der Waals surface area contributed by atoms with Crippen LogP contribution in [0.25, 0.3) is 0 Å². The van der Waals surface area contributed by atoms with Gasteiger partial charge in [0.1, 0.15) is 5.69 Å². The van der Waals surface area contributed by atoms with E-state index in [1.165, 1.54) is 19.4 Å². The van der Waals surface area contributed by atoms with E-state index in [1.807, 2.05) is 0 Å². The summed E-state index contributed by atoms with van der Waals surface area (Å²) >= 11 is 5.46. The number of nitroso groups, excluding NO2 is 1. The molecule has 0 saturated carbocycles. The average Bonchev–Trinajstić information content (AvgIpc) is 2.27. The number of hydrogen-bond acceptors (Lipinski definition) is 6. The van der Waals surface area contributed by atoms with Crippen molar-refractivity contribution >= 4 is 22.6 Å². The fraction of sp³-hybridized carbons (Fsp3) is 0.167. The first-order valence-corrected chi connectivity index (χ1v) is 3.83. The van der Waals surface area contributed by atoms with Crippen LogP contribution in [0.5, 0.6) is 0 Å². The van der Waals surface area contributed by atoms with Crippen LogP contribution in [0, 0.1) is 4.91 Å². The SMILES string of the molecule is CN(N=O)c1cnc(/C(Cl)=N\O)cn1. The first-order chi connectivity index (χ1) is 6.69. The molecule has 0 aliphatic rings. The third kappa shape index (κ3) is 2.13. The summed E-state index contributed by atoms with van der Waals surface area (Å²) in [5.41, 5.74) is 0.206. The molecule has 0 radical (unpaired) electrons. The highest BCUT2D eigenvalue weighted by atomic mass is 35.5. The smallest absolute Gasteiger partial charge is 0.195 e. The summed E-state index contributed by atoms with van der Waals surface area (Å²) in [4.78, 5) is 17.7. The Morgan fingerprint density at radius 2 is 2.29 bits per heavy atom. The first-order valence-electron chi connectivity index (χ1n) is 3.46. The summed E-state index contributed by atoms with van der Waals surface area (Å²) in [5.74, 6) is 0.270. The second-order valence-electron chi connectivity index (χ2n) is 2.26. The second kappa shape index (κ2) is 4.47. The maximum Gasteiger partial charge on any atom is 0.195 e. The Labute approximate surface area is 84.0 Å². The van der Waals surface area contributed by atoms with Crippen molar-refractivity contribution in [3.8, 4) is 0 Å². The van der Waals surface area contributed by atoms with E-state index < -0.39 is 0 Å². The van der Waals surface area contributed by atoms with Crippen LogP contribution in [0.4, 0.5) is 5.82 Å². The molecule has 7 nitrogen and oxygen atoms in total. The number of nitrogens with zero attached hydrogens (tertiary/aromatic N) is 5. The Kier molecular flexibility index (Phi) is 3.29. The quantitative estimate of drug-likeness (QED) is 0.351. The summed E-state index contributed by atoms with van der Waals surface area (Å²) < 4.78 is 0. The number of aromatic nitrogens is 2. The number of oxime groups is 1. The Bertz CT molecular complexity index is 352. The molecule has 14 heavy (non-hydrogen) atoms. The molecule has 0 atom stereocenters. The van der Waals surface area contributed by atoms with Gasteiger partial charge in [-0.1, -0.05) is 16.8 Å². The van der Waals surface area contributed by atoms with Gasteiger partial charge < -0.3 is 5.21 Å². The van der Waals surface area contributed by atoms with E-state index in [0.29, 0.717) is 0 Å². The standard InChI is InChI=1S/C6H6ClN5O2/c1-12(11-14)5-3-8-4(2-9-5)6(7)10-13/h2-3,13H,1H3/b10-6+. The molecule has 0 spiro atoms. The number of anilines is 1. The van der Waals surface area contributed by atoms with Crippen molar-refractivity contribution in [2.24, 2.45) is 10.4 Å². The van der Waals surface area contributed by atoms with Gasteiger partial charge >= 0.3 is 0 Å². The van der Waals surface area contributed by atoms with Crippen molar-refractivity contribution in [3.63, 3.8) is 0 Å². The minimum absolute atomic E-state index is 0.175. The number of hydrogen-bond donors (Lipinski definition) is 1. The van der Waals surface area contributed by atoms with Crippen molar-refractivity contribution in [1.82, 2.24) is 9.97 Å². The highest BCUT2D eigenvalue weighted by Crippen LogP contribution is 2.08. The Morgan fingerprint density at radius 3 is 2.71 bits per heavy atom. The van der Waals surface area contributed by atoms with Crippen molar-refractivity contribution < 1.29 is 5.21 Å². The predicted octanol–water partition coefficient (Wildman–Crippen LogP) is 0.969. The Balaban J connectivity index is 2.94. The van der Waals surface area contributed by atoms with Crippen LogP contribution in [0.15, 0.2) is 22.8 Å². The van der Waals surface area contributed by atoms with E-state index in [2.05, 4.69) is 20.4 Å². The second-order valence-corrected chi connectivity index (χ2v) is 2.61. The molecular weight excluding hydrogens is 210 g/mol. The van der Waals surface area contributed by atoms with Crippen LogP contribution in [0.2, 0.25) is 0 Å². The summed E-state index contributed by atoms with van der Waals surface area (Å²) in [7, 11) is 1.43. The number of rotatable bonds is 3. The van der Waals surface area contributed by atoms with Gasteiger partial charge in [0.05, 0.1) is 17.7 Å². The van der Waals surface area contributed by atoms with Gasteiger partial charge in [0.15, 0.2) is 11.0 Å². The minimum Gasteiger partial charge on any atom is -0.410 e. The van der Waals surface area contributed by atoms with Crippen LogP contribution in [-0.2, 0) is 0 Å². The van der Waals surface area contributed by atoms with Crippen molar-refractivity contribution in [2.45, 2.75) is 0 Å². The van der Waals surface area contributed by atoms with Crippen LogP contribution in [0.1, 0.15) is 5.69 Å². The fourth-order valence-electron chi connectivity index (χ4n) is 0.688. The molecule has 1 heterocycles. The normalized spacial score (nSPS) is 11.1. The van der Waals surface area contributed by atoms with E-state index in [9.17, 15) is 4.91 Å². The van der Waals surface area contributed by atoms with Crippen molar-refractivity contribution in [2.75, 3.05) is 12.1 Å². The summed E-state index contributed by atoms with van der Waals surface area (Å²) in [6.07, 6.45) is 2.54. The average molecular weight is 216 g/mol. The molecule has 0 aliphatic carbocycles. The minimum atomic E-state index is -0.175. The Morgan fingerprint density at radius 1 is 1.57 bits per heavy atom. The van der Waals surface area contributed by atoms with Crippen molar-refractivity contribution in [3.05, 3.63) is 23.0 Å². The maximum atomic E-state index is 10.1. The van der Waals surface area contributed by atoms with Gasteiger partial charge in [-0.15, -0.1) is 4.91 Å². The van der Waals surface area contributed by atoms with Gasteiger partial charge in [0.2, 0.25) is 0 Å². The third-order valence-electron chi connectivity index (χ3n) is 1.39. The van der Waals surface area contributed by atoms with E-state index >= 15 is 0 Å². The van der Waals surface area contributed by atoms with Crippen molar-refractivity contribution in [1.29, 1.82) is 0 Å². The molecule has 0 bridgehead atoms. The van der Waals surface area contributed by atoms with Crippen LogP contribution in [-0.4, -0.2) is 27.4 Å². The molecular formula is C6H6ClN5O2. The molecule has 0 fully saturated rings. The first kappa shape index (κ1) is 10.3. The highest BCUT2D eigenvalue weighted by Gasteiger charge is 2.05. The number of halogens is 1. The molecule has 8 heteroatoms. The summed E-state index contributed by atoms with van der Waals surface area (Å²) in [5, 5.41) is 14.5. The van der Waals surface area contributed by atoms with E-state index in [0.717, 1.165) is 5.01 Å². The van der Waals surface area contributed by atoms with E-state index in [-0.39, 0.29) is 16.7 Å². The molecule has 1 aromatic heterocycles. The zero-order valence-corrected chi connectivity index (χ0v) is 7.88. The van der Waals surface area contributed by atoms with E-state index in [4.69, 9.17) is 16.8 Å². The van der Waals surface area contributed by atoms with Crippen LogP contribution >= 0.6 is 11.6 Å². The van der Waals surface area contributed by atoms with Crippen LogP contribution in [0.3, 0.4) is 0 Å². The fourth-order valence-corrected chi connectivity index (χ4v) is 0.786. The van der Waals surface area contributed by atoms with Gasteiger partial charge in [-0.2, -0.15) is 0 Å². The monoisotopic (exact) mass is 215 g/mol. The zero-order valence-electron chi connectivity index (χ0n) is 7.12. The van der Waals surface area contributed by atoms with Gasteiger partial charge in [0.25, 0.3) is 0 Å². The molecule has 0 aromatic carbocycles. The van der Waals surface area contributed by atoms with E-state index in [1.54, 1.807) is 0 Å². The lowest BCUT2D eigenvalue weighted by atomic mass is 10.5.